The zero-order valence-corrected chi connectivity index (χ0v) is 17.0. The maximum absolute atomic E-state index is 12.6. The van der Waals surface area contributed by atoms with Gasteiger partial charge in [0.1, 0.15) is 17.8 Å². The molecule has 1 aromatic carbocycles. The number of thiazole rings is 1. The van der Waals surface area contributed by atoms with Crippen LogP contribution < -0.4 is 21.3 Å². The van der Waals surface area contributed by atoms with Crippen LogP contribution >= 0.6 is 11.3 Å². The fourth-order valence-electron chi connectivity index (χ4n) is 3.16. The Morgan fingerprint density at radius 1 is 1.24 bits per heavy atom. The van der Waals surface area contributed by atoms with E-state index in [1.54, 1.807) is 7.11 Å². The van der Waals surface area contributed by atoms with Crippen LogP contribution in [0.15, 0.2) is 28.0 Å². The fraction of sp³-hybridized carbons (Fsp3) is 0.278. The van der Waals surface area contributed by atoms with E-state index in [0.29, 0.717) is 16.4 Å². The quantitative estimate of drug-likeness (QED) is 0.533. The summed E-state index contributed by atoms with van der Waals surface area (Å²) in [6.45, 7) is 1.82. The normalized spacial score (nSPS) is 11.3. The first-order valence-corrected chi connectivity index (χ1v) is 9.48. The number of carbonyl (C=O) groups excluding carboxylic acids is 1. The minimum Gasteiger partial charge on any atom is -0.494 e. The van der Waals surface area contributed by atoms with E-state index in [4.69, 9.17) is 4.74 Å². The van der Waals surface area contributed by atoms with Crippen molar-refractivity contribution in [3.63, 3.8) is 0 Å². The van der Waals surface area contributed by atoms with Crippen molar-refractivity contribution in [1.29, 1.82) is 0 Å². The predicted molar refractivity (Wildman–Crippen MR) is 110 cm³/mol. The molecule has 1 N–H and O–H groups in total. The summed E-state index contributed by atoms with van der Waals surface area (Å²) in [4.78, 5) is 45.7. The smallest absolute Gasteiger partial charge is 0.332 e. The Balaban J connectivity index is 1.66. The van der Waals surface area contributed by atoms with Crippen LogP contribution in [0, 0.1) is 6.92 Å². The van der Waals surface area contributed by atoms with Gasteiger partial charge < -0.3 is 14.6 Å². The second-order valence-corrected chi connectivity index (χ2v) is 7.58. The zero-order valence-electron chi connectivity index (χ0n) is 16.2. The number of fused-ring (bicyclic) bond motifs is 2. The van der Waals surface area contributed by atoms with Gasteiger partial charge in [-0.2, -0.15) is 0 Å². The van der Waals surface area contributed by atoms with Gasteiger partial charge in [-0.1, -0.05) is 17.4 Å². The van der Waals surface area contributed by atoms with Crippen molar-refractivity contribution in [2.24, 2.45) is 14.1 Å². The number of nitrogens with zero attached hydrogens (tertiary/aromatic N) is 5. The highest BCUT2D eigenvalue weighted by Crippen LogP contribution is 2.34. The number of carbonyl (C=O) groups is 1. The Hall–Kier alpha value is -3.47. The molecule has 150 valence electrons. The van der Waals surface area contributed by atoms with Crippen LogP contribution in [0.2, 0.25) is 0 Å². The molecule has 11 heteroatoms. The van der Waals surface area contributed by atoms with Crippen molar-refractivity contribution >= 4 is 43.8 Å². The maximum Gasteiger partial charge on any atom is 0.332 e. The molecule has 0 saturated heterocycles. The molecule has 3 aromatic heterocycles. The third kappa shape index (κ3) is 2.99. The summed E-state index contributed by atoms with van der Waals surface area (Å²) in [5.41, 5.74) is 1.15. The second kappa shape index (κ2) is 6.85. The summed E-state index contributed by atoms with van der Waals surface area (Å²) >= 11 is 1.35. The molecule has 0 bridgehead atoms. The standard InChI is InChI=1S/C18H18N6O4S/c1-9-5-6-10(28-4)12-14(9)29-17(21-12)20-11(25)7-24-8-19-15-13(24)16(26)23(3)18(27)22(15)2/h5-6,8H,7H2,1-4H3,(H,20,21,25). The Morgan fingerprint density at radius 3 is 2.72 bits per heavy atom. The number of rotatable bonds is 4. The molecule has 0 radical (unpaired) electrons. The highest BCUT2D eigenvalue weighted by atomic mass is 32.1. The first kappa shape index (κ1) is 18.9. The van der Waals surface area contributed by atoms with Gasteiger partial charge >= 0.3 is 5.69 Å². The molecule has 0 unspecified atom stereocenters. The molecule has 0 aliphatic heterocycles. The number of aromatic nitrogens is 5. The second-order valence-electron chi connectivity index (χ2n) is 6.58. The van der Waals surface area contributed by atoms with Gasteiger partial charge in [-0.15, -0.1) is 0 Å². The Morgan fingerprint density at radius 2 is 2.00 bits per heavy atom. The van der Waals surface area contributed by atoms with Gasteiger partial charge in [0.25, 0.3) is 5.56 Å². The molecule has 0 aliphatic rings. The summed E-state index contributed by atoms with van der Waals surface area (Å²) in [7, 11) is 4.48. The number of benzene rings is 1. The van der Waals surface area contributed by atoms with Crippen LogP contribution in [0.4, 0.5) is 5.13 Å². The molecule has 0 saturated carbocycles. The highest BCUT2D eigenvalue weighted by Gasteiger charge is 2.17. The van der Waals surface area contributed by atoms with Gasteiger partial charge in [-0.3, -0.25) is 18.7 Å². The summed E-state index contributed by atoms with van der Waals surface area (Å²) in [6.07, 6.45) is 1.37. The zero-order chi connectivity index (χ0) is 20.9. The summed E-state index contributed by atoms with van der Waals surface area (Å²) in [5, 5.41) is 3.19. The van der Waals surface area contributed by atoms with Crippen molar-refractivity contribution in [2.45, 2.75) is 13.5 Å². The average Bonchev–Trinajstić information content (AvgIpc) is 3.30. The minimum atomic E-state index is -0.506. The van der Waals surface area contributed by atoms with Crippen LogP contribution in [-0.4, -0.2) is 36.7 Å². The molecule has 29 heavy (non-hydrogen) atoms. The van der Waals surface area contributed by atoms with Crippen LogP contribution in [-0.2, 0) is 25.4 Å². The van der Waals surface area contributed by atoms with E-state index in [1.807, 2.05) is 19.1 Å². The predicted octanol–water partition coefficient (Wildman–Crippen LogP) is 0.999. The number of hydrogen-bond acceptors (Lipinski definition) is 7. The lowest BCUT2D eigenvalue weighted by Crippen LogP contribution is -2.37. The van der Waals surface area contributed by atoms with Crippen LogP contribution in [0.3, 0.4) is 0 Å². The van der Waals surface area contributed by atoms with Crippen molar-refractivity contribution < 1.29 is 9.53 Å². The molecule has 0 spiro atoms. The van der Waals surface area contributed by atoms with Crippen molar-refractivity contribution in [3.05, 3.63) is 44.9 Å². The fourth-order valence-corrected chi connectivity index (χ4v) is 4.13. The number of ether oxygens (including phenoxy) is 1. The lowest BCUT2D eigenvalue weighted by atomic mass is 10.2. The third-order valence-electron chi connectivity index (χ3n) is 4.70. The molecule has 4 aromatic rings. The van der Waals surface area contributed by atoms with Crippen LogP contribution in [0.5, 0.6) is 5.75 Å². The van der Waals surface area contributed by atoms with Gasteiger partial charge in [-0.05, 0) is 18.6 Å². The number of aryl methyl sites for hydroxylation is 2. The van der Waals surface area contributed by atoms with E-state index in [2.05, 4.69) is 15.3 Å². The van der Waals surface area contributed by atoms with E-state index in [9.17, 15) is 14.4 Å². The lowest BCUT2D eigenvalue weighted by Gasteiger charge is -2.06. The Bertz CT molecular complexity index is 1390. The van der Waals surface area contributed by atoms with E-state index < -0.39 is 11.2 Å². The largest absolute Gasteiger partial charge is 0.494 e. The lowest BCUT2D eigenvalue weighted by molar-refractivity contribution is -0.116. The summed E-state index contributed by atoms with van der Waals surface area (Å²) in [5.74, 6) is 0.267. The van der Waals surface area contributed by atoms with Gasteiger partial charge in [-0.25, -0.2) is 14.8 Å². The topological polar surface area (TPSA) is 113 Å². The number of anilines is 1. The van der Waals surface area contributed by atoms with E-state index in [-0.39, 0.29) is 23.6 Å². The van der Waals surface area contributed by atoms with E-state index in [1.165, 1.54) is 40.9 Å². The van der Waals surface area contributed by atoms with Crippen LogP contribution in [0.1, 0.15) is 5.56 Å². The molecule has 0 aliphatic carbocycles. The first-order chi connectivity index (χ1) is 13.8. The van der Waals surface area contributed by atoms with Crippen molar-refractivity contribution in [3.8, 4) is 5.75 Å². The Kier molecular flexibility index (Phi) is 4.46. The Labute approximate surface area is 168 Å². The minimum absolute atomic E-state index is 0.143. The third-order valence-corrected chi connectivity index (χ3v) is 5.81. The SMILES string of the molecule is COc1ccc(C)c2sc(NC(=O)Cn3cnc4c3c(=O)n(C)c(=O)n4C)nc12. The molecular formula is C18H18N6O4S. The van der Waals surface area contributed by atoms with Gasteiger partial charge in [0, 0.05) is 14.1 Å². The average molecular weight is 414 g/mol. The number of nitrogens with one attached hydrogen (secondary N) is 1. The number of imidazole rings is 1. The summed E-state index contributed by atoms with van der Waals surface area (Å²) in [6, 6.07) is 3.77. The number of hydrogen-bond donors (Lipinski definition) is 1. The monoisotopic (exact) mass is 414 g/mol. The molecule has 0 fully saturated rings. The van der Waals surface area contributed by atoms with E-state index >= 15 is 0 Å². The number of amides is 1. The first-order valence-electron chi connectivity index (χ1n) is 8.66. The van der Waals surface area contributed by atoms with Crippen molar-refractivity contribution in [2.75, 3.05) is 12.4 Å². The molecule has 3 heterocycles. The number of methoxy groups -OCH3 is 1. The molecule has 10 nitrogen and oxygen atoms in total. The highest BCUT2D eigenvalue weighted by molar-refractivity contribution is 7.22. The summed E-state index contributed by atoms with van der Waals surface area (Å²) < 4.78 is 9.94. The van der Waals surface area contributed by atoms with E-state index in [0.717, 1.165) is 14.8 Å². The van der Waals surface area contributed by atoms with Gasteiger partial charge in [0.05, 0.1) is 18.1 Å². The molecule has 1 amide bonds. The van der Waals surface area contributed by atoms with Gasteiger partial charge in [0.2, 0.25) is 5.91 Å². The molecular weight excluding hydrogens is 396 g/mol. The molecule has 4 rings (SSSR count). The van der Waals surface area contributed by atoms with Gasteiger partial charge in [0.15, 0.2) is 16.3 Å². The molecule has 0 atom stereocenters. The van der Waals surface area contributed by atoms with Crippen LogP contribution in [0.25, 0.3) is 21.4 Å². The maximum atomic E-state index is 12.6. The van der Waals surface area contributed by atoms with Crippen molar-refractivity contribution in [1.82, 2.24) is 23.7 Å².